The van der Waals surface area contributed by atoms with Gasteiger partial charge < -0.3 is 15.4 Å². The summed E-state index contributed by atoms with van der Waals surface area (Å²) in [6.45, 7) is 13.1. The summed E-state index contributed by atoms with van der Waals surface area (Å²) < 4.78 is 5.19. The van der Waals surface area contributed by atoms with E-state index in [0.29, 0.717) is 17.9 Å². The molecule has 0 saturated heterocycles. The van der Waals surface area contributed by atoms with Gasteiger partial charge in [0.05, 0.1) is 18.9 Å². The van der Waals surface area contributed by atoms with E-state index in [4.69, 9.17) is 9.94 Å². The molecule has 32 heavy (non-hydrogen) atoms. The van der Waals surface area contributed by atoms with E-state index in [2.05, 4.69) is 17.2 Å². The highest BCUT2D eigenvalue weighted by atomic mass is 16.5. The number of carbonyl (C=O) groups excluding carboxylic acids is 3. The lowest BCUT2D eigenvalue weighted by Crippen LogP contribution is -2.54. The molecule has 0 radical (unpaired) electrons. The second-order valence-corrected chi connectivity index (χ2v) is 9.37. The molecular formula is C24H37N3O5. The van der Waals surface area contributed by atoms with Crippen molar-refractivity contribution in [2.24, 2.45) is 23.2 Å². The Hall–Kier alpha value is -2.87. The first-order chi connectivity index (χ1) is 14.9. The van der Waals surface area contributed by atoms with Crippen LogP contribution in [0.15, 0.2) is 36.9 Å². The van der Waals surface area contributed by atoms with Crippen LogP contribution in [-0.4, -0.2) is 36.1 Å². The van der Waals surface area contributed by atoms with Crippen LogP contribution in [-0.2, 0) is 14.4 Å². The van der Waals surface area contributed by atoms with Gasteiger partial charge in [0.25, 0.3) is 0 Å². The highest BCUT2D eigenvalue weighted by Gasteiger charge is 2.38. The number of ether oxygens (including phenoxy) is 1. The van der Waals surface area contributed by atoms with Crippen molar-refractivity contribution < 1.29 is 24.3 Å². The van der Waals surface area contributed by atoms with Crippen LogP contribution in [0.2, 0.25) is 0 Å². The van der Waals surface area contributed by atoms with Gasteiger partial charge in [-0.2, -0.15) is 0 Å². The Kier molecular flexibility index (Phi) is 10.4. The van der Waals surface area contributed by atoms with Crippen LogP contribution in [0.5, 0.6) is 5.75 Å². The second kappa shape index (κ2) is 12.2. The third-order valence-corrected chi connectivity index (χ3v) is 5.17. The smallest absolute Gasteiger partial charge is 0.247 e. The van der Waals surface area contributed by atoms with E-state index in [1.807, 2.05) is 34.6 Å². The van der Waals surface area contributed by atoms with E-state index < -0.39 is 35.1 Å². The molecule has 1 rings (SSSR count). The molecule has 178 valence electrons. The number of nitrogens with one attached hydrogen (secondary N) is 3. The summed E-state index contributed by atoms with van der Waals surface area (Å²) in [4.78, 5) is 38.7. The van der Waals surface area contributed by atoms with Crippen LogP contribution in [0.25, 0.3) is 0 Å². The van der Waals surface area contributed by atoms with Crippen molar-refractivity contribution in [3.63, 3.8) is 0 Å². The Labute approximate surface area is 190 Å². The van der Waals surface area contributed by atoms with Gasteiger partial charge >= 0.3 is 0 Å². The minimum absolute atomic E-state index is 0.114. The normalized spacial score (nSPS) is 14.1. The molecule has 0 aliphatic rings. The van der Waals surface area contributed by atoms with Gasteiger partial charge in [-0.3, -0.25) is 19.6 Å². The number of benzene rings is 1. The van der Waals surface area contributed by atoms with Crippen LogP contribution >= 0.6 is 0 Å². The van der Waals surface area contributed by atoms with E-state index in [-0.39, 0.29) is 18.2 Å². The number of hydroxylamine groups is 1. The molecule has 0 spiro atoms. The average molecular weight is 448 g/mol. The summed E-state index contributed by atoms with van der Waals surface area (Å²) in [5.74, 6) is -2.29. The summed E-state index contributed by atoms with van der Waals surface area (Å²) in [6.07, 6.45) is 2.16. The Morgan fingerprint density at radius 2 is 1.78 bits per heavy atom. The zero-order valence-electron chi connectivity index (χ0n) is 19.9. The maximum absolute atomic E-state index is 13.3. The number of carbonyl (C=O) groups is 3. The Morgan fingerprint density at radius 3 is 2.28 bits per heavy atom. The quantitative estimate of drug-likeness (QED) is 0.235. The van der Waals surface area contributed by atoms with Crippen molar-refractivity contribution >= 4 is 23.4 Å². The van der Waals surface area contributed by atoms with Gasteiger partial charge in [-0.05, 0) is 36.3 Å². The maximum Gasteiger partial charge on any atom is 0.247 e. The predicted molar refractivity (Wildman–Crippen MR) is 124 cm³/mol. The van der Waals surface area contributed by atoms with Crippen LogP contribution in [0, 0.1) is 23.2 Å². The molecule has 0 bridgehead atoms. The lowest BCUT2D eigenvalue weighted by Gasteiger charge is -2.33. The van der Waals surface area contributed by atoms with E-state index in [1.54, 1.807) is 29.7 Å². The minimum Gasteiger partial charge on any atom is -0.497 e. The molecule has 1 aromatic carbocycles. The summed E-state index contributed by atoms with van der Waals surface area (Å²) in [7, 11) is 1.54. The lowest BCUT2D eigenvalue weighted by atomic mass is 9.80. The van der Waals surface area contributed by atoms with E-state index >= 15 is 0 Å². The molecule has 8 nitrogen and oxygen atoms in total. The standard InChI is InChI=1S/C24H37N3O5/c1-8-10-18(22(29)27-31)19(13-15(2)3)21(28)26-20(24(4,5)6)23(30)25-16-11-9-12-17(14-16)32-7/h8-9,11-12,14-15,18-20,31H,1,10,13H2,2-7H3,(H,25,30)(H,26,28)(H,27,29)/t18-,19+,20+/m0/s1. The molecule has 4 N–H and O–H groups in total. The molecule has 3 amide bonds. The largest absolute Gasteiger partial charge is 0.497 e. The van der Waals surface area contributed by atoms with Crippen LogP contribution in [0.3, 0.4) is 0 Å². The topological polar surface area (TPSA) is 117 Å². The Balaban J connectivity index is 3.17. The molecule has 0 heterocycles. The predicted octanol–water partition coefficient (Wildman–Crippen LogP) is 3.52. The lowest BCUT2D eigenvalue weighted by molar-refractivity contribution is -0.141. The average Bonchev–Trinajstić information content (AvgIpc) is 2.72. The summed E-state index contributed by atoms with van der Waals surface area (Å²) in [5, 5.41) is 14.8. The van der Waals surface area contributed by atoms with Gasteiger partial charge in [-0.15, -0.1) is 6.58 Å². The van der Waals surface area contributed by atoms with Gasteiger partial charge in [-0.1, -0.05) is 46.8 Å². The van der Waals surface area contributed by atoms with Gasteiger partial charge in [0, 0.05) is 11.8 Å². The summed E-state index contributed by atoms with van der Waals surface area (Å²) >= 11 is 0. The SMILES string of the molecule is C=CC[C@H](C(=O)NO)[C@@H](CC(C)C)C(=O)N[C@H](C(=O)Nc1cccc(OC)c1)C(C)(C)C. The molecule has 0 aromatic heterocycles. The van der Waals surface area contributed by atoms with Crippen LogP contribution in [0.4, 0.5) is 5.69 Å². The van der Waals surface area contributed by atoms with Crippen molar-refractivity contribution in [2.45, 2.75) is 53.5 Å². The van der Waals surface area contributed by atoms with E-state index in [9.17, 15) is 14.4 Å². The van der Waals surface area contributed by atoms with Crippen molar-refractivity contribution in [2.75, 3.05) is 12.4 Å². The molecule has 3 atom stereocenters. The molecule has 0 aliphatic carbocycles. The van der Waals surface area contributed by atoms with Crippen LogP contribution < -0.4 is 20.9 Å². The number of methoxy groups -OCH3 is 1. The van der Waals surface area contributed by atoms with Gasteiger partial charge in [0.2, 0.25) is 17.7 Å². The minimum atomic E-state index is -0.863. The summed E-state index contributed by atoms with van der Waals surface area (Å²) in [6, 6.07) is 6.08. The molecule has 0 fully saturated rings. The fourth-order valence-corrected chi connectivity index (χ4v) is 3.52. The first-order valence-corrected chi connectivity index (χ1v) is 10.7. The number of anilines is 1. The fraction of sp³-hybridized carbons (Fsp3) is 0.542. The molecule has 1 aromatic rings. The van der Waals surface area contributed by atoms with Crippen molar-refractivity contribution in [3.05, 3.63) is 36.9 Å². The zero-order valence-corrected chi connectivity index (χ0v) is 19.9. The van der Waals surface area contributed by atoms with Gasteiger partial charge in [-0.25, -0.2) is 5.48 Å². The highest BCUT2D eigenvalue weighted by Crippen LogP contribution is 2.27. The van der Waals surface area contributed by atoms with Gasteiger partial charge in [0.15, 0.2) is 0 Å². The Morgan fingerprint density at radius 1 is 1.12 bits per heavy atom. The molecule has 8 heteroatoms. The molecule has 0 aliphatic heterocycles. The first kappa shape index (κ1) is 27.2. The van der Waals surface area contributed by atoms with E-state index in [1.165, 1.54) is 13.2 Å². The molecule has 0 saturated carbocycles. The Bertz CT molecular complexity index is 801. The first-order valence-electron chi connectivity index (χ1n) is 10.7. The number of hydrogen-bond acceptors (Lipinski definition) is 5. The van der Waals surface area contributed by atoms with Gasteiger partial charge in [0.1, 0.15) is 11.8 Å². The fourth-order valence-electron chi connectivity index (χ4n) is 3.52. The number of allylic oxidation sites excluding steroid dienone is 1. The van der Waals surface area contributed by atoms with Crippen molar-refractivity contribution in [3.8, 4) is 5.75 Å². The van der Waals surface area contributed by atoms with Crippen molar-refractivity contribution in [1.82, 2.24) is 10.8 Å². The summed E-state index contributed by atoms with van der Waals surface area (Å²) in [5.41, 5.74) is 1.59. The number of amides is 3. The van der Waals surface area contributed by atoms with Crippen LogP contribution in [0.1, 0.15) is 47.5 Å². The zero-order chi connectivity index (χ0) is 24.5. The molecular weight excluding hydrogens is 410 g/mol. The third kappa shape index (κ3) is 8.00. The monoisotopic (exact) mass is 447 g/mol. The highest BCUT2D eigenvalue weighted by molar-refractivity contribution is 5.98. The van der Waals surface area contributed by atoms with Crippen molar-refractivity contribution in [1.29, 1.82) is 0 Å². The number of hydrogen-bond donors (Lipinski definition) is 4. The second-order valence-electron chi connectivity index (χ2n) is 9.37. The third-order valence-electron chi connectivity index (χ3n) is 5.17. The molecule has 0 unspecified atom stereocenters. The number of rotatable bonds is 11. The maximum atomic E-state index is 13.3. The van der Waals surface area contributed by atoms with E-state index in [0.717, 1.165) is 0 Å².